The van der Waals surface area contributed by atoms with Crippen LogP contribution in [0.4, 0.5) is 0 Å². The lowest BCUT2D eigenvalue weighted by molar-refractivity contribution is -0.134. The molecule has 1 saturated carbocycles. The minimum absolute atomic E-state index is 0.240. The standard InChI is InChI=1S/C17H23N3O/c21-17(16-10-15(16)13-4-2-1-3-5-13)20-8-6-19(7-9-20)14-11-18-12-14/h1-5,14-16,18H,6-12H2. The molecule has 1 aromatic carbocycles. The molecule has 1 N–H and O–H groups in total. The van der Waals surface area contributed by atoms with Crippen molar-refractivity contribution in [2.24, 2.45) is 5.92 Å². The topological polar surface area (TPSA) is 35.6 Å². The highest BCUT2D eigenvalue weighted by Gasteiger charge is 2.46. The summed E-state index contributed by atoms with van der Waals surface area (Å²) in [7, 11) is 0. The molecule has 0 bridgehead atoms. The van der Waals surface area contributed by atoms with Gasteiger partial charge in [-0.25, -0.2) is 0 Å². The van der Waals surface area contributed by atoms with Crippen molar-refractivity contribution in [1.82, 2.24) is 15.1 Å². The summed E-state index contributed by atoms with van der Waals surface area (Å²) in [6, 6.07) is 11.2. The molecule has 4 nitrogen and oxygen atoms in total. The minimum Gasteiger partial charge on any atom is -0.340 e. The average molecular weight is 285 g/mol. The molecule has 2 atom stereocenters. The monoisotopic (exact) mass is 285 g/mol. The number of hydrogen-bond acceptors (Lipinski definition) is 3. The van der Waals surface area contributed by atoms with Gasteiger partial charge in [0.1, 0.15) is 0 Å². The molecule has 112 valence electrons. The van der Waals surface area contributed by atoms with Crippen molar-refractivity contribution in [3.05, 3.63) is 35.9 Å². The molecule has 0 aromatic heterocycles. The lowest BCUT2D eigenvalue weighted by Crippen LogP contribution is -2.62. The number of nitrogens with zero attached hydrogens (tertiary/aromatic N) is 2. The Morgan fingerprint density at radius 1 is 1.05 bits per heavy atom. The summed E-state index contributed by atoms with van der Waals surface area (Å²) < 4.78 is 0. The van der Waals surface area contributed by atoms with Crippen LogP contribution in [0.5, 0.6) is 0 Å². The minimum atomic E-state index is 0.240. The van der Waals surface area contributed by atoms with Crippen LogP contribution in [0.25, 0.3) is 0 Å². The van der Waals surface area contributed by atoms with E-state index in [-0.39, 0.29) is 5.92 Å². The van der Waals surface area contributed by atoms with Gasteiger partial charge in [-0.1, -0.05) is 30.3 Å². The Morgan fingerprint density at radius 3 is 2.38 bits per heavy atom. The predicted molar refractivity (Wildman–Crippen MR) is 82.1 cm³/mol. The number of carbonyl (C=O) groups excluding carboxylic acids is 1. The van der Waals surface area contributed by atoms with Gasteiger partial charge in [0, 0.05) is 51.2 Å². The number of nitrogens with one attached hydrogen (secondary N) is 1. The van der Waals surface area contributed by atoms with E-state index in [1.807, 2.05) is 6.07 Å². The number of hydrogen-bond donors (Lipinski definition) is 1. The molecule has 4 heteroatoms. The molecule has 0 radical (unpaired) electrons. The summed E-state index contributed by atoms with van der Waals surface area (Å²) in [6.07, 6.45) is 1.04. The number of amides is 1. The first-order valence-electron chi connectivity index (χ1n) is 8.11. The Labute approximate surface area is 126 Å². The highest BCUT2D eigenvalue weighted by Crippen LogP contribution is 2.48. The molecule has 2 aliphatic heterocycles. The van der Waals surface area contributed by atoms with Crippen molar-refractivity contribution in [1.29, 1.82) is 0 Å². The van der Waals surface area contributed by atoms with Crippen LogP contribution in [-0.2, 0) is 4.79 Å². The van der Waals surface area contributed by atoms with Gasteiger partial charge in [-0.15, -0.1) is 0 Å². The fourth-order valence-electron chi connectivity index (χ4n) is 3.61. The summed E-state index contributed by atoms with van der Waals surface area (Å²) in [5.41, 5.74) is 1.33. The third-order valence-corrected chi connectivity index (χ3v) is 5.24. The van der Waals surface area contributed by atoms with Crippen molar-refractivity contribution in [3.8, 4) is 0 Å². The lowest BCUT2D eigenvalue weighted by Gasteiger charge is -2.43. The van der Waals surface area contributed by atoms with E-state index in [1.165, 1.54) is 5.56 Å². The van der Waals surface area contributed by atoms with Gasteiger partial charge in [-0.3, -0.25) is 9.69 Å². The number of benzene rings is 1. The zero-order chi connectivity index (χ0) is 14.2. The Hall–Kier alpha value is -1.39. The fourth-order valence-corrected chi connectivity index (χ4v) is 3.61. The maximum Gasteiger partial charge on any atom is 0.226 e. The highest BCUT2D eigenvalue weighted by atomic mass is 16.2. The zero-order valence-electron chi connectivity index (χ0n) is 12.4. The van der Waals surface area contributed by atoms with Gasteiger partial charge in [-0.05, 0) is 17.9 Å². The first-order valence-corrected chi connectivity index (χ1v) is 8.11. The highest BCUT2D eigenvalue weighted by molar-refractivity contribution is 5.83. The number of piperazine rings is 1. The largest absolute Gasteiger partial charge is 0.340 e. The van der Waals surface area contributed by atoms with E-state index in [9.17, 15) is 4.79 Å². The van der Waals surface area contributed by atoms with E-state index in [2.05, 4.69) is 39.4 Å². The van der Waals surface area contributed by atoms with Gasteiger partial charge in [0.25, 0.3) is 0 Å². The van der Waals surface area contributed by atoms with Gasteiger partial charge in [0.15, 0.2) is 0 Å². The van der Waals surface area contributed by atoms with Crippen LogP contribution in [0, 0.1) is 5.92 Å². The Kier molecular flexibility index (Phi) is 3.43. The van der Waals surface area contributed by atoms with E-state index in [1.54, 1.807) is 0 Å². The summed E-state index contributed by atoms with van der Waals surface area (Å²) >= 11 is 0. The van der Waals surface area contributed by atoms with Crippen molar-refractivity contribution in [2.45, 2.75) is 18.4 Å². The summed E-state index contributed by atoms with van der Waals surface area (Å²) in [5.74, 6) is 1.09. The zero-order valence-corrected chi connectivity index (χ0v) is 12.4. The molecule has 3 fully saturated rings. The molecule has 2 saturated heterocycles. The van der Waals surface area contributed by atoms with Crippen molar-refractivity contribution in [3.63, 3.8) is 0 Å². The second-order valence-electron chi connectivity index (χ2n) is 6.53. The van der Waals surface area contributed by atoms with E-state index in [0.29, 0.717) is 17.9 Å². The van der Waals surface area contributed by atoms with Gasteiger partial charge < -0.3 is 10.2 Å². The van der Waals surface area contributed by atoms with Crippen molar-refractivity contribution < 1.29 is 4.79 Å². The molecular weight excluding hydrogens is 262 g/mol. The van der Waals surface area contributed by atoms with Crippen molar-refractivity contribution in [2.75, 3.05) is 39.3 Å². The summed E-state index contributed by atoms with van der Waals surface area (Å²) in [6.45, 7) is 6.14. The van der Waals surface area contributed by atoms with Gasteiger partial charge in [0.2, 0.25) is 5.91 Å². The van der Waals surface area contributed by atoms with E-state index >= 15 is 0 Å². The molecule has 4 rings (SSSR count). The average Bonchev–Trinajstić information content (AvgIpc) is 3.27. The second-order valence-corrected chi connectivity index (χ2v) is 6.53. The molecule has 1 aliphatic carbocycles. The van der Waals surface area contributed by atoms with Crippen LogP contribution in [0.2, 0.25) is 0 Å². The van der Waals surface area contributed by atoms with Crippen LogP contribution in [0.15, 0.2) is 30.3 Å². The Morgan fingerprint density at radius 2 is 1.76 bits per heavy atom. The van der Waals surface area contributed by atoms with Crippen LogP contribution < -0.4 is 5.32 Å². The maximum absolute atomic E-state index is 12.6. The van der Waals surface area contributed by atoms with E-state index in [0.717, 1.165) is 45.7 Å². The molecule has 1 amide bonds. The van der Waals surface area contributed by atoms with Crippen LogP contribution in [-0.4, -0.2) is 61.0 Å². The Bertz CT molecular complexity index is 506. The molecule has 3 aliphatic rings. The van der Waals surface area contributed by atoms with Crippen LogP contribution in [0.1, 0.15) is 17.9 Å². The van der Waals surface area contributed by atoms with Gasteiger partial charge in [0.05, 0.1) is 0 Å². The van der Waals surface area contributed by atoms with E-state index < -0.39 is 0 Å². The second kappa shape index (κ2) is 5.43. The first kappa shape index (κ1) is 13.3. The molecule has 2 heterocycles. The normalized spacial score (nSPS) is 30.0. The van der Waals surface area contributed by atoms with Crippen molar-refractivity contribution >= 4 is 5.91 Å². The third kappa shape index (κ3) is 2.58. The Balaban J connectivity index is 1.31. The molecule has 2 unspecified atom stereocenters. The van der Waals surface area contributed by atoms with Crippen LogP contribution in [0.3, 0.4) is 0 Å². The SMILES string of the molecule is O=C(C1CC1c1ccccc1)N1CCN(C2CNC2)CC1. The molecule has 21 heavy (non-hydrogen) atoms. The third-order valence-electron chi connectivity index (χ3n) is 5.24. The van der Waals surface area contributed by atoms with Gasteiger partial charge in [-0.2, -0.15) is 0 Å². The smallest absolute Gasteiger partial charge is 0.226 e. The summed E-state index contributed by atoms with van der Waals surface area (Å²) in [5, 5.41) is 3.32. The number of rotatable bonds is 3. The lowest BCUT2D eigenvalue weighted by atomic mass is 10.1. The molecule has 1 aromatic rings. The quantitative estimate of drug-likeness (QED) is 0.896. The van der Waals surface area contributed by atoms with Gasteiger partial charge >= 0.3 is 0 Å². The van der Waals surface area contributed by atoms with E-state index in [4.69, 9.17) is 0 Å². The maximum atomic E-state index is 12.6. The fraction of sp³-hybridized carbons (Fsp3) is 0.588. The predicted octanol–water partition coefficient (Wildman–Crippen LogP) is 0.906. The number of carbonyl (C=O) groups is 1. The first-order chi connectivity index (χ1) is 10.3. The van der Waals surface area contributed by atoms with Crippen LogP contribution >= 0.6 is 0 Å². The molecular formula is C17H23N3O. The summed E-state index contributed by atoms with van der Waals surface area (Å²) in [4.78, 5) is 17.2. The molecule has 0 spiro atoms.